The average molecular weight is 230 g/mol. The lowest BCUT2D eigenvalue weighted by atomic mass is 10.1. The van der Waals surface area contributed by atoms with Gasteiger partial charge >= 0.3 is 0 Å². The van der Waals surface area contributed by atoms with Crippen LogP contribution in [-0.2, 0) is 6.42 Å². The molecule has 0 aromatic heterocycles. The fourth-order valence-electron chi connectivity index (χ4n) is 1.60. The average Bonchev–Trinajstić information content (AvgIpc) is 2.34. The van der Waals surface area contributed by atoms with Crippen molar-refractivity contribution in [3.8, 4) is 0 Å². The molecule has 0 fully saturated rings. The van der Waals surface area contributed by atoms with Crippen molar-refractivity contribution in [3.63, 3.8) is 0 Å². The van der Waals surface area contributed by atoms with Gasteiger partial charge < -0.3 is 11.1 Å². The molecule has 0 bridgehead atoms. The molecule has 0 saturated carbocycles. The summed E-state index contributed by atoms with van der Waals surface area (Å²) < 4.78 is 12.7. The number of nitrogens with one attached hydrogen (secondary N) is 1. The summed E-state index contributed by atoms with van der Waals surface area (Å²) in [5.41, 5.74) is 8.55. The van der Waals surface area contributed by atoms with Crippen LogP contribution in [0, 0.1) is 5.82 Å². The van der Waals surface area contributed by atoms with E-state index in [0.29, 0.717) is 0 Å². The second kappa shape index (κ2) is 5.34. The minimum atomic E-state index is -0.214. The van der Waals surface area contributed by atoms with Crippen LogP contribution in [0.4, 0.5) is 15.8 Å². The van der Waals surface area contributed by atoms with E-state index in [9.17, 15) is 4.39 Å². The highest BCUT2D eigenvalue weighted by Crippen LogP contribution is 2.09. The van der Waals surface area contributed by atoms with Gasteiger partial charge in [0.15, 0.2) is 0 Å². The zero-order chi connectivity index (χ0) is 12.1. The Morgan fingerprint density at radius 1 is 0.941 bits per heavy atom. The Labute approximate surface area is 100 Å². The van der Waals surface area contributed by atoms with E-state index in [1.54, 1.807) is 12.1 Å². The van der Waals surface area contributed by atoms with Crippen LogP contribution in [0.3, 0.4) is 0 Å². The van der Waals surface area contributed by atoms with Gasteiger partial charge in [0.1, 0.15) is 5.82 Å². The van der Waals surface area contributed by atoms with E-state index < -0.39 is 0 Å². The highest BCUT2D eigenvalue weighted by atomic mass is 19.1. The maximum Gasteiger partial charge on any atom is 0.123 e. The molecule has 0 atom stereocenters. The van der Waals surface area contributed by atoms with Crippen molar-refractivity contribution in [1.29, 1.82) is 0 Å². The SMILES string of the molecule is Nc1ccc(CCNc2ccc(F)cc2)cc1. The van der Waals surface area contributed by atoms with Gasteiger partial charge in [-0.15, -0.1) is 0 Å². The summed E-state index contributed by atoms with van der Waals surface area (Å²) in [6, 6.07) is 14.2. The van der Waals surface area contributed by atoms with Crippen LogP contribution < -0.4 is 11.1 Å². The molecular weight excluding hydrogens is 215 g/mol. The van der Waals surface area contributed by atoms with Crippen molar-refractivity contribution >= 4 is 11.4 Å². The van der Waals surface area contributed by atoms with Crippen LogP contribution >= 0.6 is 0 Å². The van der Waals surface area contributed by atoms with E-state index in [4.69, 9.17) is 5.73 Å². The van der Waals surface area contributed by atoms with Crippen molar-refractivity contribution in [3.05, 3.63) is 59.9 Å². The summed E-state index contributed by atoms with van der Waals surface area (Å²) in [4.78, 5) is 0. The molecule has 0 aliphatic rings. The molecule has 2 rings (SSSR count). The lowest BCUT2D eigenvalue weighted by molar-refractivity contribution is 0.628. The smallest absolute Gasteiger partial charge is 0.123 e. The number of halogens is 1. The van der Waals surface area contributed by atoms with Gasteiger partial charge in [0, 0.05) is 17.9 Å². The third kappa shape index (κ3) is 3.48. The fraction of sp³-hybridized carbons (Fsp3) is 0.143. The molecule has 88 valence electrons. The van der Waals surface area contributed by atoms with E-state index in [1.165, 1.54) is 17.7 Å². The lowest BCUT2D eigenvalue weighted by Crippen LogP contribution is -2.04. The monoisotopic (exact) mass is 230 g/mol. The van der Waals surface area contributed by atoms with E-state index in [2.05, 4.69) is 5.32 Å². The number of nitrogen functional groups attached to an aromatic ring is 1. The molecule has 17 heavy (non-hydrogen) atoms. The second-order valence-electron chi connectivity index (χ2n) is 3.93. The number of benzene rings is 2. The highest BCUT2D eigenvalue weighted by molar-refractivity contribution is 5.43. The lowest BCUT2D eigenvalue weighted by Gasteiger charge is -2.06. The molecule has 3 N–H and O–H groups in total. The van der Waals surface area contributed by atoms with Gasteiger partial charge in [-0.05, 0) is 48.4 Å². The standard InChI is InChI=1S/C14H15FN2/c15-12-3-7-14(8-4-12)17-10-9-11-1-5-13(16)6-2-11/h1-8,17H,9-10,16H2. The molecule has 0 spiro atoms. The van der Waals surface area contributed by atoms with Crippen LogP contribution in [0.5, 0.6) is 0 Å². The van der Waals surface area contributed by atoms with E-state index in [0.717, 1.165) is 24.3 Å². The van der Waals surface area contributed by atoms with Crippen molar-refractivity contribution < 1.29 is 4.39 Å². The Kier molecular flexibility index (Phi) is 3.60. The Hall–Kier alpha value is -2.03. The third-order valence-electron chi connectivity index (χ3n) is 2.57. The first-order valence-corrected chi connectivity index (χ1v) is 5.58. The summed E-state index contributed by atoms with van der Waals surface area (Å²) in [6.07, 6.45) is 0.914. The molecule has 0 aliphatic heterocycles. The van der Waals surface area contributed by atoms with Gasteiger partial charge in [-0.2, -0.15) is 0 Å². The van der Waals surface area contributed by atoms with Crippen molar-refractivity contribution in [2.45, 2.75) is 6.42 Å². The fourth-order valence-corrected chi connectivity index (χ4v) is 1.60. The van der Waals surface area contributed by atoms with Crippen LogP contribution in [0.15, 0.2) is 48.5 Å². The van der Waals surface area contributed by atoms with Gasteiger partial charge in [0.2, 0.25) is 0 Å². The molecule has 0 unspecified atom stereocenters. The summed E-state index contributed by atoms with van der Waals surface area (Å²) in [5.74, 6) is -0.214. The predicted octanol–water partition coefficient (Wildman–Crippen LogP) is 3.06. The molecule has 0 amide bonds. The van der Waals surface area contributed by atoms with Gasteiger partial charge in [-0.25, -0.2) is 4.39 Å². The predicted molar refractivity (Wildman–Crippen MR) is 69.4 cm³/mol. The van der Waals surface area contributed by atoms with Crippen molar-refractivity contribution in [2.75, 3.05) is 17.6 Å². The first-order chi connectivity index (χ1) is 8.24. The van der Waals surface area contributed by atoms with Crippen LogP contribution in [-0.4, -0.2) is 6.54 Å². The van der Waals surface area contributed by atoms with E-state index >= 15 is 0 Å². The Morgan fingerprint density at radius 3 is 2.24 bits per heavy atom. The zero-order valence-electron chi connectivity index (χ0n) is 9.49. The van der Waals surface area contributed by atoms with Crippen LogP contribution in [0.25, 0.3) is 0 Å². The topological polar surface area (TPSA) is 38.0 Å². The number of nitrogens with two attached hydrogens (primary N) is 1. The van der Waals surface area contributed by atoms with Gasteiger partial charge in [-0.3, -0.25) is 0 Å². The van der Waals surface area contributed by atoms with Crippen molar-refractivity contribution in [2.24, 2.45) is 0 Å². The quantitative estimate of drug-likeness (QED) is 0.792. The minimum Gasteiger partial charge on any atom is -0.399 e. The minimum absolute atomic E-state index is 0.214. The first-order valence-electron chi connectivity index (χ1n) is 5.58. The maximum atomic E-state index is 12.7. The molecule has 0 saturated heterocycles. The summed E-state index contributed by atoms with van der Waals surface area (Å²) in [7, 11) is 0. The molecule has 3 heteroatoms. The Morgan fingerprint density at radius 2 is 1.59 bits per heavy atom. The number of hydrogen-bond acceptors (Lipinski definition) is 2. The molecule has 0 aliphatic carbocycles. The second-order valence-corrected chi connectivity index (χ2v) is 3.93. The van der Waals surface area contributed by atoms with Crippen LogP contribution in [0.2, 0.25) is 0 Å². The first kappa shape index (κ1) is 11.5. The largest absolute Gasteiger partial charge is 0.399 e. The van der Waals surface area contributed by atoms with Crippen molar-refractivity contribution in [1.82, 2.24) is 0 Å². The van der Waals surface area contributed by atoms with Gasteiger partial charge in [-0.1, -0.05) is 12.1 Å². The van der Waals surface area contributed by atoms with E-state index in [1.807, 2.05) is 24.3 Å². The zero-order valence-corrected chi connectivity index (χ0v) is 9.49. The van der Waals surface area contributed by atoms with Crippen LogP contribution in [0.1, 0.15) is 5.56 Å². The summed E-state index contributed by atoms with van der Waals surface area (Å²) >= 11 is 0. The Balaban J connectivity index is 1.83. The number of hydrogen-bond donors (Lipinski definition) is 2. The third-order valence-corrected chi connectivity index (χ3v) is 2.57. The normalized spacial score (nSPS) is 10.2. The molecule has 2 nitrogen and oxygen atoms in total. The molecule has 2 aromatic rings. The molecule has 0 radical (unpaired) electrons. The molecular formula is C14H15FN2. The molecule has 2 aromatic carbocycles. The molecule has 0 heterocycles. The van der Waals surface area contributed by atoms with Gasteiger partial charge in [0.25, 0.3) is 0 Å². The van der Waals surface area contributed by atoms with Gasteiger partial charge in [0.05, 0.1) is 0 Å². The summed E-state index contributed by atoms with van der Waals surface area (Å²) in [6.45, 7) is 0.815. The summed E-state index contributed by atoms with van der Waals surface area (Å²) in [5, 5.41) is 3.24. The van der Waals surface area contributed by atoms with E-state index in [-0.39, 0.29) is 5.82 Å². The Bertz CT molecular complexity index is 417. The number of rotatable bonds is 4. The highest BCUT2D eigenvalue weighted by Gasteiger charge is 1.95. The number of anilines is 2. The maximum absolute atomic E-state index is 12.7.